The highest BCUT2D eigenvalue weighted by atomic mass is 32.2. The first kappa shape index (κ1) is 22.0. The van der Waals surface area contributed by atoms with Crippen molar-refractivity contribution in [2.45, 2.75) is 38.6 Å². The molecule has 0 aliphatic carbocycles. The van der Waals surface area contributed by atoms with Crippen LogP contribution in [-0.2, 0) is 18.8 Å². The van der Waals surface area contributed by atoms with Gasteiger partial charge in [0.15, 0.2) is 5.96 Å². The third-order valence-electron chi connectivity index (χ3n) is 4.24. The fourth-order valence-electron chi connectivity index (χ4n) is 2.80. The molecule has 0 saturated heterocycles. The number of nitrogens with zero attached hydrogens (tertiary/aromatic N) is 2. The van der Waals surface area contributed by atoms with Gasteiger partial charge in [0.1, 0.15) is 5.82 Å². The lowest BCUT2D eigenvalue weighted by Crippen LogP contribution is -2.37. The number of pyridine rings is 1. The van der Waals surface area contributed by atoms with Crippen LogP contribution in [0.3, 0.4) is 0 Å². The summed E-state index contributed by atoms with van der Waals surface area (Å²) >= 11 is 1.67. The first-order valence-electron chi connectivity index (χ1n) is 9.58. The monoisotopic (exact) mass is 404 g/mol. The Bertz CT molecular complexity index is 822. The standard InChI is InChI=1S/C21H29FN4OS/c1-3-23-21(24-11-5-7-13-26-12-6-4-8-20(26)27)25-15-17-9-10-19(22)14-18(17)16-28-2/h4,6,8-10,12,14H,3,5,7,11,13,15-16H2,1-2H3,(H2,23,24,25). The second kappa shape index (κ2) is 12.2. The maximum atomic E-state index is 13.5. The van der Waals surface area contributed by atoms with Crippen LogP contribution in [-0.4, -0.2) is 29.9 Å². The highest BCUT2D eigenvalue weighted by molar-refractivity contribution is 7.97. The SMILES string of the molecule is CCNC(=NCc1ccc(F)cc1CSC)NCCCCn1ccccc1=O. The summed E-state index contributed by atoms with van der Waals surface area (Å²) in [7, 11) is 0. The number of unbranched alkanes of at least 4 members (excludes halogenated alkanes) is 1. The highest BCUT2D eigenvalue weighted by Gasteiger charge is 2.05. The van der Waals surface area contributed by atoms with E-state index >= 15 is 0 Å². The summed E-state index contributed by atoms with van der Waals surface area (Å²) in [6.45, 7) is 4.78. The predicted molar refractivity (Wildman–Crippen MR) is 116 cm³/mol. The maximum absolute atomic E-state index is 13.5. The van der Waals surface area contributed by atoms with Gasteiger partial charge in [-0.05, 0) is 55.3 Å². The second-order valence-electron chi connectivity index (χ2n) is 6.41. The number of nitrogens with one attached hydrogen (secondary N) is 2. The smallest absolute Gasteiger partial charge is 0.250 e. The Morgan fingerprint density at radius 1 is 1.18 bits per heavy atom. The molecule has 0 saturated carbocycles. The van der Waals surface area contributed by atoms with Gasteiger partial charge in [-0.2, -0.15) is 11.8 Å². The molecule has 0 bridgehead atoms. The fraction of sp³-hybridized carbons (Fsp3) is 0.429. The summed E-state index contributed by atoms with van der Waals surface area (Å²) in [6, 6.07) is 10.1. The molecule has 0 amide bonds. The number of hydrogen-bond donors (Lipinski definition) is 2. The first-order valence-corrected chi connectivity index (χ1v) is 11.0. The molecule has 1 aromatic heterocycles. The van der Waals surface area contributed by atoms with Gasteiger partial charge in [0, 0.05) is 37.7 Å². The van der Waals surface area contributed by atoms with E-state index in [4.69, 9.17) is 0 Å². The summed E-state index contributed by atoms with van der Waals surface area (Å²) < 4.78 is 15.2. The minimum Gasteiger partial charge on any atom is -0.357 e. The highest BCUT2D eigenvalue weighted by Crippen LogP contribution is 2.17. The Hall–Kier alpha value is -2.28. The third kappa shape index (κ3) is 7.38. The topological polar surface area (TPSA) is 58.4 Å². The molecule has 152 valence electrons. The zero-order valence-electron chi connectivity index (χ0n) is 16.6. The van der Waals surface area contributed by atoms with E-state index in [0.29, 0.717) is 13.1 Å². The molecule has 0 spiro atoms. The van der Waals surface area contributed by atoms with Gasteiger partial charge in [-0.1, -0.05) is 12.1 Å². The van der Waals surface area contributed by atoms with E-state index in [0.717, 1.165) is 48.8 Å². The first-order chi connectivity index (χ1) is 13.6. The van der Waals surface area contributed by atoms with Gasteiger partial charge in [0.2, 0.25) is 5.56 Å². The molecule has 0 aliphatic heterocycles. The number of guanidine groups is 1. The molecule has 0 atom stereocenters. The molecule has 5 nitrogen and oxygen atoms in total. The summed E-state index contributed by atoms with van der Waals surface area (Å²) in [5.41, 5.74) is 2.06. The molecule has 1 heterocycles. The molecule has 7 heteroatoms. The van der Waals surface area contributed by atoms with Crippen LogP contribution < -0.4 is 16.2 Å². The number of halogens is 1. The van der Waals surface area contributed by atoms with Crippen LogP contribution in [0.1, 0.15) is 30.9 Å². The van der Waals surface area contributed by atoms with Crippen LogP contribution in [0.5, 0.6) is 0 Å². The van der Waals surface area contributed by atoms with Gasteiger partial charge in [0.05, 0.1) is 6.54 Å². The Labute approximate surface area is 170 Å². The zero-order valence-corrected chi connectivity index (χ0v) is 17.4. The molecule has 0 aliphatic rings. The lowest BCUT2D eigenvalue weighted by Gasteiger charge is -2.12. The summed E-state index contributed by atoms with van der Waals surface area (Å²) in [5.74, 6) is 1.31. The molecule has 1 aromatic carbocycles. The molecular formula is C21H29FN4OS. The number of hydrogen-bond acceptors (Lipinski definition) is 3. The van der Waals surface area contributed by atoms with Crippen LogP contribution in [0.15, 0.2) is 52.4 Å². The largest absolute Gasteiger partial charge is 0.357 e. The molecule has 0 unspecified atom stereocenters. The van der Waals surface area contributed by atoms with Crippen molar-refractivity contribution < 1.29 is 4.39 Å². The van der Waals surface area contributed by atoms with Crippen molar-refractivity contribution in [1.29, 1.82) is 0 Å². The third-order valence-corrected chi connectivity index (χ3v) is 4.84. The summed E-state index contributed by atoms with van der Waals surface area (Å²) in [5, 5.41) is 6.56. The van der Waals surface area contributed by atoms with Crippen molar-refractivity contribution in [3.8, 4) is 0 Å². The number of aromatic nitrogens is 1. The van der Waals surface area contributed by atoms with Crippen molar-refractivity contribution in [1.82, 2.24) is 15.2 Å². The van der Waals surface area contributed by atoms with Gasteiger partial charge < -0.3 is 15.2 Å². The number of benzene rings is 1. The van der Waals surface area contributed by atoms with Gasteiger partial charge in [-0.25, -0.2) is 9.38 Å². The number of rotatable bonds is 10. The quantitative estimate of drug-likeness (QED) is 0.362. The van der Waals surface area contributed by atoms with Crippen molar-refractivity contribution in [2.24, 2.45) is 4.99 Å². The number of aryl methyl sites for hydroxylation is 1. The second-order valence-corrected chi connectivity index (χ2v) is 7.27. The van der Waals surface area contributed by atoms with Crippen LogP contribution in [0.4, 0.5) is 4.39 Å². The maximum Gasteiger partial charge on any atom is 0.250 e. The minimum absolute atomic E-state index is 0.0331. The molecule has 2 rings (SSSR count). The summed E-state index contributed by atoms with van der Waals surface area (Å²) in [4.78, 5) is 16.3. The van der Waals surface area contributed by atoms with E-state index in [2.05, 4.69) is 15.6 Å². The van der Waals surface area contributed by atoms with Crippen molar-refractivity contribution >= 4 is 17.7 Å². The average molecular weight is 405 g/mol. The normalized spacial score (nSPS) is 11.5. The van der Waals surface area contributed by atoms with E-state index in [1.807, 2.05) is 31.5 Å². The van der Waals surface area contributed by atoms with Gasteiger partial charge in [0.25, 0.3) is 0 Å². The van der Waals surface area contributed by atoms with E-state index < -0.39 is 0 Å². The Morgan fingerprint density at radius 3 is 2.79 bits per heavy atom. The van der Waals surface area contributed by atoms with Crippen LogP contribution in [0.2, 0.25) is 0 Å². The Kier molecular flexibility index (Phi) is 9.62. The zero-order chi connectivity index (χ0) is 20.2. The van der Waals surface area contributed by atoms with Crippen molar-refractivity contribution in [3.05, 3.63) is 69.9 Å². The van der Waals surface area contributed by atoms with Crippen LogP contribution >= 0.6 is 11.8 Å². The van der Waals surface area contributed by atoms with Crippen LogP contribution in [0, 0.1) is 5.82 Å². The lowest BCUT2D eigenvalue weighted by atomic mass is 10.1. The van der Waals surface area contributed by atoms with Crippen molar-refractivity contribution in [2.75, 3.05) is 19.3 Å². The molecular weight excluding hydrogens is 375 g/mol. The van der Waals surface area contributed by atoms with E-state index in [1.165, 1.54) is 6.07 Å². The Morgan fingerprint density at radius 2 is 2.04 bits per heavy atom. The van der Waals surface area contributed by atoms with Gasteiger partial charge >= 0.3 is 0 Å². The number of thioether (sulfide) groups is 1. The molecule has 28 heavy (non-hydrogen) atoms. The van der Waals surface area contributed by atoms with E-state index in [1.54, 1.807) is 34.5 Å². The van der Waals surface area contributed by atoms with Crippen LogP contribution in [0.25, 0.3) is 0 Å². The molecule has 0 fully saturated rings. The van der Waals surface area contributed by atoms with E-state index in [-0.39, 0.29) is 11.4 Å². The Balaban J connectivity index is 1.85. The minimum atomic E-state index is -0.209. The van der Waals surface area contributed by atoms with E-state index in [9.17, 15) is 9.18 Å². The van der Waals surface area contributed by atoms with Gasteiger partial charge in [-0.3, -0.25) is 4.79 Å². The van der Waals surface area contributed by atoms with Crippen molar-refractivity contribution in [3.63, 3.8) is 0 Å². The number of aliphatic imine (C=N–C) groups is 1. The lowest BCUT2D eigenvalue weighted by molar-refractivity contribution is 0.585. The summed E-state index contributed by atoms with van der Waals surface area (Å²) in [6.07, 6.45) is 5.66. The fourth-order valence-corrected chi connectivity index (χ4v) is 3.38. The molecule has 0 radical (unpaired) electrons. The van der Waals surface area contributed by atoms with Gasteiger partial charge in [-0.15, -0.1) is 0 Å². The average Bonchev–Trinajstić information content (AvgIpc) is 2.68. The molecule has 2 N–H and O–H groups in total. The predicted octanol–water partition coefficient (Wildman–Crippen LogP) is 3.39. The molecule has 2 aromatic rings.